The summed E-state index contributed by atoms with van der Waals surface area (Å²) in [6.07, 6.45) is -9.48. The minimum atomic E-state index is -5.75. The van der Waals surface area contributed by atoms with E-state index >= 15 is 0 Å². The Morgan fingerprint density at radius 2 is 1.61 bits per heavy atom. The predicted molar refractivity (Wildman–Crippen MR) is 117 cm³/mol. The van der Waals surface area contributed by atoms with Gasteiger partial charge in [0.15, 0.2) is 0 Å². The first-order valence-electron chi connectivity index (χ1n) is 12.2. The Kier molecular flexibility index (Phi) is 9.26. The lowest BCUT2D eigenvalue weighted by Crippen LogP contribution is -2.53. The molecule has 3 saturated carbocycles. The van der Waals surface area contributed by atoms with Crippen LogP contribution in [0.4, 0.5) is 26.3 Å². The van der Waals surface area contributed by atoms with Gasteiger partial charge < -0.3 is 14.8 Å². The normalized spacial score (nSPS) is 36.9. The molecule has 0 spiro atoms. The molecule has 210 valence electrons. The van der Waals surface area contributed by atoms with Crippen molar-refractivity contribution in [2.24, 2.45) is 17.0 Å². The van der Waals surface area contributed by atoms with Crippen molar-refractivity contribution in [3.05, 3.63) is 0 Å². The van der Waals surface area contributed by atoms with Crippen LogP contribution in [0, 0.1) is 11.8 Å². The SMILES string of the molecule is COC1CC(F)CCC1OC1CC(C(F)(F)C(F)(F)F)CCC1C(=O)NC1CCCC(S(N)(=O)=O)C1. The molecule has 0 saturated heterocycles. The number of hydrogen-bond donors (Lipinski definition) is 2. The van der Waals surface area contributed by atoms with Crippen LogP contribution >= 0.6 is 0 Å². The first-order chi connectivity index (χ1) is 16.6. The Morgan fingerprint density at radius 3 is 2.22 bits per heavy atom. The maximum Gasteiger partial charge on any atom is 0.453 e. The number of primary sulfonamides is 1. The number of alkyl halides is 6. The van der Waals surface area contributed by atoms with Crippen molar-refractivity contribution in [2.75, 3.05) is 7.11 Å². The Morgan fingerprint density at radius 1 is 0.917 bits per heavy atom. The van der Waals surface area contributed by atoms with Crippen molar-refractivity contribution in [1.29, 1.82) is 0 Å². The number of sulfonamides is 1. The number of hydrogen-bond acceptors (Lipinski definition) is 5. The van der Waals surface area contributed by atoms with E-state index in [0.717, 1.165) is 0 Å². The van der Waals surface area contributed by atoms with Gasteiger partial charge in [-0.3, -0.25) is 4.79 Å². The Balaban J connectivity index is 1.76. The van der Waals surface area contributed by atoms with Crippen LogP contribution in [0.3, 0.4) is 0 Å². The quantitative estimate of drug-likeness (QED) is 0.470. The molecule has 3 aliphatic rings. The van der Waals surface area contributed by atoms with E-state index in [1.54, 1.807) is 0 Å². The number of nitrogens with one attached hydrogen (secondary N) is 1. The van der Waals surface area contributed by atoms with E-state index in [0.29, 0.717) is 19.3 Å². The van der Waals surface area contributed by atoms with Gasteiger partial charge in [-0.25, -0.2) is 17.9 Å². The first kappa shape index (κ1) is 29.4. The molecule has 0 aromatic heterocycles. The Bertz CT molecular complexity index is 873. The van der Waals surface area contributed by atoms with Crippen molar-refractivity contribution < 1.29 is 49.0 Å². The molecule has 3 N–H and O–H groups in total. The van der Waals surface area contributed by atoms with Crippen molar-refractivity contribution in [2.45, 2.75) is 112 Å². The zero-order valence-electron chi connectivity index (χ0n) is 20.0. The van der Waals surface area contributed by atoms with Gasteiger partial charge in [0.2, 0.25) is 15.9 Å². The first-order valence-corrected chi connectivity index (χ1v) is 13.8. The average molecular weight is 553 g/mol. The summed E-state index contributed by atoms with van der Waals surface area (Å²) in [5.41, 5.74) is 0. The average Bonchev–Trinajstić information content (AvgIpc) is 2.79. The van der Waals surface area contributed by atoms with Crippen LogP contribution < -0.4 is 10.5 Å². The van der Waals surface area contributed by atoms with Gasteiger partial charge >= 0.3 is 12.1 Å². The second kappa shape index (κ2) is 11.3. The molecule has 0 bridgehead atoms. The second-order valence-corrected chi connectivity index (χ2v) is 12.1. The van der Waals surface area contributed by atoms with Crippen LogP contribution in [0.25, 0.3) is 0 Å². The molecule has 3 aliphatic carbocycles. The van der Waals surface area contributed by atoms with Gasteiger partial charge in [-0.05, 0) is 51.4 Å². The summed E-state index contributed by atoms with van der Waals surface area (Å²) < 4.78 is 116. The lowest BCUT2D eigenvalue weighted by molar-refractivity contribution is -0.310. The summed E-state index contributed by atoms with van der Waals surface area (Å²) in [6.45, 7) is 0. The van der Waals surface area contributed by atoms with Gasteiger partial charge in [0.25, 0.3) is 0 Å². The fourth-order valence-corrected chi connectivity index (χ4v) is 6.70. The predicted octanol–water partition coefficient (Wildman–Crippen LogP) is 3.61. The monoisotopic (exact) mass is 552 g/mol. The van der Waals surface area contributed by atoms with Crippen LogP contribution in [0.1, 0.15) is 64.2 Å². The number of rotatable bonds is 7. The highest BCUT2D eigenvalue weighted by atomic mass is 32.2. The molecule has 8 atom stereocenters. The number of carbonyl (C=O) groups excluding carboxylic acids is 1. The third-order valence-corrected chi connectivity index (χ3v) is 9.13. The van der Waals surface area contributed by atoms with Crippen LogP contribution in [-0.4, -0.2) is 69.3 Å². The molecule has 3 rings (SSSR count). The summed E-state index contributed by atoms with van der Waals surface area (Å²) in [5.74, 6) is -8.66. The van der Waals surface area contributed by atoms with E-state index in [9.17, 15) is 39.6 Å². The number of nitrogens with two attached hydrogens (primary N) is 1. The lowest BCUT2D eigenvalue weighted by Gasteiger charge is -2.42. The van der Waals surface area contributed by atoms with Gasteiger partial charge in [0.1, 0.15) is 6.17 Å². The lowest BCUT2D eigenvalue weighted by atomic mass is 9.75. The third-order valence-electron chi connectivity index (χ3n) is 7.78. The maximum absolute atomic E-state index is 14.2. The van der Waals surface area contributed by atoms with E-state index in [2.05, 4.69) is 5.32 Å². The molecule has 8 unspecified atom stereocenters. The fourth-order valence-electron chi connectivity index (χ4n) is 5.70. The van der Waals surface area contributed by atoms with Gasteiger partial charge in [-0.2, -0.15) is 22.0 Å². The van der Waals surface area contributed by atoms with Crippen LogP contribution in [0.5, 0.6) is 0 Å². The van der Waals surface area contributed by atoms with E-state index < -0.39 is 88.5 Å². The number of amides is 1. The largest absolute Gasteiger partial charge is 0.453 e. The van der Waals surface area contributed by atoms with E-state index in [1.165, 1.54) is 7.11 Å². The highest BCUT2D eigenvalue weighted by Gasteiger charge is 2.63. The summed E-state index contributed by atoms with van der Waals surface area (Å²) in [4.78, 5) is 13.2. The highest BCUT2D eigenvalue weighted by Crippen LogP contribution is 2.48. The standard InChI is InChI=1S/C22H34F6N2O5S/c1-34-19-10-13(23)6-8-17(19)35-18-9-12(21(24,25)22(26,27)28)5-7-16(18)20(31)30-14-3-2-4-15(11-14)36(29,32)33/h12-19H,2-11H2,1H3,(H,30,31)(H2,29,32,33). The topological polar surface area (TPSA) is 108 Å². The van der Waals surface area contributed by atoms with Crippen molar-refractivity contribution in [1.82, 2.24) is 5.32 Å². The van der Waals surface area contributed by atoms with Crippen LogP contribution in [-0.2, 0) is 24.3 Å². The summed E-state index contributed by atoms with van der Waals surface area (Å²) in [6, 6.07) is -0.529. The van der Waals surface area contributed by atoms with Gasteiger partial charge in [0, 0.05) is 25.5 Å². The smallest absolute Gasteiger partial charge is 0.379 e. The van der Waals surface area contributed by atoms with E-state index in [1.807, 2.05) is 0 Å². The second-order valence-electron chi connectivity index (χ2n) is 10.2. The number of carbonyl (C=O) groups is 1. The van der Waals surface area contributed by atoms with E-state index in [-0.39, 0.29) is 32.1 Å². The molecule has 1 amide bonds. The highest BCUT2D eigenvalue weighted by molar-refractivity contribution is 7.89. The Hall–Kier alpha value is -1.12. The zero-order chi connectivity index (χ0) is 26.9. The number of ether oxygens (including phenoxy) is 2. The zero-order valence-corrected chi connectivity index (χ0v) is 20.8. The molecule has 36 heavy (non-hydrogen) atoms. The summed E-state index contributed by atoms with van der Waals surface area (Å²) in [5, 5.41) is 7.14. The van der Waals surface area contributed by atoms with Gasteiger partial charge in [-0.1, -0.05) is 6.42 Å². The van der Waals surface area contributed by atoms with Crippen molar-refractivity contribution in [3.63, 3.8) is 0 Å². The maximum atomic E-state index is 14.2. The molecule has 0 aliphatic heterocycles. The van der Waals surface area contributed by atoms with Crippen molar-refractivity contribution >= 4 is 15.9 Å². The molecule has 7 nitrogen and oxygen atoms in total. The molecule has 3 fully saturated rings. The molecular weight excluding hydrogens is 518 g/mol. The fraction of sp³-hybridized carbons (Fsp3) is 0.955. The third kappa shape index (κ3) is 6.84. The molecule has 0 aromatic rings. The molecule has 0 radical (unpaired) electrons. The van der Waals surface area contributed by atoms with Gasteiger partial charge in [-0.15, -0.1) is 0 Å². The van der Waals surface area contributed by atoms with Crippen molar-refractivity contribution in [3.8, 4) is 0 Å². The van der Waals surface area contributed by atoms with Gasteiger partial charge in [0.05, 0.1) is 29.5 Å². The minimum Gasteiger partial charge on any atom is -0.379 e. The number of methoxy groups -OCH3 is 1. The summed E-state index contributed by atoms with van der Waals surface area (Å²) >= 11 is 0. The minimum absolute atomic E-state index is 0.0100. The van der Waals surface area contributed by atoms with Crippen LogP contribution in [0.15, 0.2) is 0 Å². The molecule has 14 heteroatoms. The molecular formula is C22H34F6N2O5S. The number of halogens is 6. The van der Waals surface area contributed by atoms with Crippen LogP contribution in [0.2, 0.25) is 0 Å². The summed E-state index contributed by atoms with van der Waals surface area (Å²) in [7, 11) is -2.48. The molecule has 0 heterocycles. The van der Waals surface area contributed by atoms with E-state index in [4.69, 9.17) is 14.6 Å². The Labute approximate surface area is 206 Å². The molecule has 0 aromatic carbocycles.